The highest BCUT2D eigenvalue weighted by molar-refractivity contribution is 5.96. The van der Waals surface area contributed by atoms with Gasteiger partial charge in [-0.1, -0.05) is 20.3 Å². The molecule has 0 saturated heterocycles. The quantitative estimate of drug-likeness (QED) is 0.615. The van der Waals surface area contributed by atoms with E-state index in [9.17, 15) is 19.7 Å². The molecule has 0 radical (unpaired) electrons. The topological polar surface area (TPSA) is 110 Å². The van der Waals surface area contributed by atoms with Gasteiger partial charge in [0.1, 0.15) is 5.69 Å². The minimum Gasteiger partial charge on any atom is -0.478 e. The monoisotopic (exact) mass is 280 g/mol. The lowest BCUT2D eigenvalue weighted by Gasteiger charge is -2.11. The molecule has 1 amide bonds. The van der Waals surface area contributed by atoms with Gasteiger partial charge in [0.15, 0.2) is 0 Å². The van der Waals surface area contributed by atoms with Crippen LogP contribution in [0.3, 0.4) is 0 Å². The molecule has 0 heterocycles. The van der Waals surface area contributed by atoms with Gasteiger partial charge in [-0.25, -0.2) is 4.79 Å². The van der Waals surface area contributed by atoms with Crippen LogP contribution in [0.25, 0.3) is 0 Å². The van der Waals surface area contributed by atoms with Gasteiger partial charge < -0.3 is 10.4 Å². The standard InChI is InChI=1S/C13H16N2O5/c1-3-4-8(2)12(16)14-10-6-5-9(13(17)18)7-11(10)15(19)20/h5-8H,3-4H2,1-2H3,(H,14,16)(H,17,18). The molecule has 0 spiro atoms. The Balaban J connectivity index is 3.03. The number of hydrogen-bond donors (Lipinski definition) is 2. The largest absolute Gasteiger partial charge is 0.478 e. The summed E-state index contributed by atoms with van der Waals surface area (Å²) in [6, 6.07) is 3.38. The molecule has 0 aliphatic rings. The van der Waals surface area contributed by atoms with Crippen LogP contribution in [0.5, 0.6) is 0 Å². The zero-order valence-corrected chi connectivity index (χ0v) is 11.3. The number of hydrogen-bond acceptors (Lipinski definition) is 4. The van der Waals surface area contributed by atoms with Gasteiger partial charge in [0.25, 0.3) is 5.69 Å². The van der Waals surface area contributed by atoms with Crippen molar-refractivity contribution in [2.45, 2.75) is 26.7 Å². The second kappa shape index (κ2) is 6.65. The van der Waals surface area contributed by atoms with E-state index in [-0.39, 0.29) is 23.1 Å². The number of benzene rings is 1. The van der Waals surface area contributed by atoms with Gasteiger partial charge in [0.2, 0.25) is 5.91 Å². The van der Waals surface area contributed by atoms with Gasteiger partial charge in [-0.05, 0) is 18.6 Å². The first-order chi connectivity index (χ1) is 9.36. The normalized spacial score (nSPS) is 11.7. The number of rotatable bonds is 6. The van der Waals surface area contributed by atoms with Crippen LogP contribution >= 0.6 is 0 Å². The number of nitrogens with one attached hydrogen (secondary N) is 1. The Hall–Kier alpha value is -2.44. The Morgan fingerprint density at radius 3 is 2.60 bits per heavy atom. The van der Waals surface area contributed by atoms with Crippen LogP contribution in [-0.4, -0.2) is 21.9 Å². The molecular weight excluding hydrogens is 264 g/mol. The number of carboxylic acids is 1. The third-order valence-corrected chi connectivity index (χ3v) is 2.87. The third-order valence-electron chi connectivity index (χ3n) is 2.87. The average molecular weight is 280 g/mol. The van der Waals surface area contributed by atoms with E-state index >= 15 is 0 Å². The number of nitrogens with zero attached hydrogens (tertiary/aromatic N) is 1. The van der Waals surface area contributed by atoms with Crippen LogP contribution in [0.2, 0.25) is 0 Å². The second-order valence-corrected chi connectivity index (χ2v) is 4.47. The van der Waals surface area contributed by atoms with E-state index in [2.05, 4.69) is 5.32 Å². The zero-order chi connectivity index (χ0) is 15.3. The van der Waals surface area contributed by atoms with Gasteiger partial charge in [-0.15, -0.1) is 0 Å². The van der Waals surface area contributed by atoms with Gasteiger partial charge in [0.05, 0.1) is 10.5 Å². The number of anilines is 1. The molecule has 1 aromatic rings. The van der Waals surface area contributed by atoms with E-state index < -0.39 is 16.6 Å². The third kappa shape index (κ3) is 3.78. The second-order valence-electron chi connectivity index (χ2n) is 4.47. The molecule has 2 N–H and O–H groups in total. The van der Waals surface area contributed by atoms with Gasteiger partial charge in [-0.2, -0.15) is 0 Å². The Morgan fingerprint density at radius 1 is 1.45 bits per heavy atom. The van der Waals surface area contributed by atoms with Crippen LogP contribution in [0.15, 0.2) is 18.2 Å². The molecule has 0 fully saturated rings. The molecule has 20 heavy (non-hydrogen) atoms. The molecule has 1 rings (SSSR count). The first-order valence-electron chi connectivity index (χ1n) is 6.19. The average Bonchev–Trinajstić information content (AvgIpc) is 2.38. The number of aromatic carboxylic acids is 1. The highest BCUT2D eigenvalue weighted by Crippen LogP contribution is 2.26. The smallest absolute Gasteiger partial charge is 0.335 e. The van der Waals surface area contributed by atoms with Crippen LogP contribution < -0.4 is 5.32 Å². The molecular formula is C13H16N2O5. The molecule has 0 aliphatic carbocycles. The predicted molar refractivity (Wildman–Crippen MR) is 72.8 cm³/mol. The summed E-state index contributed by atoms with van der Waals surface area (Å²) in [4.78, 5) is 32.9. The Bertz CT molecular complexity index is 542. The Morgan fingerprint density at radius 2 is 2.10 bits per heavy atom. The van der Waals surface area contributed by atoms with Crippen molar-refractivity contribution in [3.8, 4) is 0 Å². The summed E-state index contributed by atoms with van der Waals surface area (Å²) >= 11 is 0. The van der Waals surface area contributed by atoms with Crippen LogP contribution in [0, 0.1) is 16.0 Å². The summed E-state index contributed by atoms with van der Waals surface area (Å²) in [5.74, 6) is -1.85. The highest BCUT2D eigenvalue weighted by Gasteiger charge is 2.20. The Labute approximate surface area is 115 Å². The molecule has 108 valence electrons. The lowest BCUT2D eigenvalue weighted by atomic mass is 10.1. The van der Waals surface area contributed by atoms with Crippen molar-refractivity contribution < 1.29 is 19.6 Å². The number of carbonyl (C=O) groups excluding carboxylic acids is 1. The summed E-state index contributed by atoms with van der Waals surface area (Å²) in [7, 11) is 0. The van der Waals surface area contributed by atoms with Crippen molar-refractivity contribution in [3.63, 3.8) is 0 Å². The lowest BCUT2D eigenvalue weighted by Crippen LogP contribution is -2.21. The highest BCUT2D eigenvalue weighted by atomic mass is 16.6. The molecule has 1 atom stereocenters. The van der Waals surface area contributed by atoms with E-state index in [0.29, 0.717) is 6.42 Å². The number of carbonyl (C=O) groups is 2. The lowest BCUT2D eigenvalue weighted by molar-refractivity contribution is -0.384. The SMILES string of the molecule is CCCC(C)C(=O)Nc1ccc(C(=O)O)cc1[N+](=O)[O-]. The van der Waals surface area contributed by atoms with E-state index in [1.165, 1.54) is 12.1 Å². The summed E-state index contributed by atoms with van der Waals surface area (Å²) < 4.78 is 0. The first kappa shape index (κ1) is 15.6. The van der Waals surface area contributed by atoms with Gasteiger partial charge >= 0.3 is 5.97 Å². The summed E-state index contributed by atoms with van der Waals surface area (Å²) in [6.45, 7) is 3.67. The maximum atomic E-state index is 11.8. The number of carboxylic acid groups (broad SMARTS) is 1. The summed E-state index contributed by atoms with van der Waals surface area (Å²) in [6.07, 6.45) is 1.50. The van der Waals surface area contributed by atoms with Crippen molar-refractivity contribution in [1.29, 1.82) is 0 Å². The molecule has 1 aromatic carbocycles. The van der Waals surface area contributed by atoms with E-state index in [4.69, 9.17) is 5.11 Å². The van der Waals surface area contributed by atoms with Crippen LogP contribution in [0.1, 0.15) is 37.0 Å². The molecule has 0 aromatic heterocycles. The number of amides is 1. The van der Waals surface area contributed by atoms with Gasteiger partial charge in [-0.3, -0.25) is 14.9 Å². The fourth-order valence-electron chi connectivity index (χ4n) is 1.74. The molecule has 0 aliphatic heterocycles. The predicted octanol–water partition coefficient (Wildman–Crippen LogP) is 2.67. The van der Waals surface area contributed by atoms with E-state index in [0.717, 1.165) is 12.5 Å². The van der Waals surface area contributed by atoms with Crippen molar-refractivity contribution in [2.24, 2.45) is 5.92 Å². The number of nitro groups is 1. The van der Waals surface area contributed by atoms with Crippen LogP contribution in [-0.2, 0) is 4.79 Å². The maximum Gasteiger partial charge on any atom is 0.335 e. The van der Waals surface area contributed by atoms with Crippen molar-refractivity contribution in [1.82, 2.24) is 0 Å². The summed E-state index contributed by atoms with van der Waals surface area (Å²) in [5, 5.41) is 22.2. The maximum absolute atomic E-state index is 11.8. The van der Waals surface area contributed by atoms with Gasteiger partial charge in [0, 0.05) is 12.0 Å². The fraction of sp³-hybridized carbons (Fsp3) is 0.385. The van der Waals surface area contributed by atoms with E-state index in [1.807, 2.05) is 6.92 Å². The van der Waals surface area contributed by atoms with Crippen molar-refractivity contribution in [2.75, 3.05) is 5.32 Å². The molecule has 7 nitrogen and oxygen atoms in total. The van der Waals surface area contributed by atoms with E-state index in [1.54, 1.807) is 6.92 Å². The Kier molecular flexibility index (Phi) is 5.19. The molecule has 1 unspecified atom stereocenters. The van der Waals surface area contributed by atoms with Crippen molar-refractivity contribution >= 4 is 23.3 Å². The summed E-state index contributed by atoms with van der Waals surface area (Å²) in [5.41, 5.74) is -0.619. The minimum absolute atomic E-state index is 0.00736. The molecule has 0 saturated carbocycles. The minimum atomic E-state index is -1.26. The number of nitro benzene ring substituents is 1. The fourth-order valence-corrected chi connectivity index (χ4v) is 1.74. The van der Waals surface area contributed by atoms with Crippen molar-refractivity contribution in [3.05, 3.63) is 33.9 Å². The first-order valence-corrected chi connectivity index (χ1v) is 6.19. The molecule has 7 heteroatoms. The molecule has 0 bridgehead atoms. The zero-order valence-electron chi connectivity index (χ0n) is 11.3. The van der Waals surface area contributed by atoms with Crippen LogP contribution in [0.4, 0.5) is 11.4 Å².